The number of benzene rings is 2. The molecule has 1 saturated heterocycles. The van der Waals surface area contributed by atoms with Gasteiger partial charge in [0.25, 0.3) is 5.69 Å². The molecule has 2 aromatic carbocycles. The minimum absolute atomic E-state index is 0.261. The summed E-state index contributed by atoms with van der Waals surface area (Å²) in [5.41, 5.74) is 2.26. The fourth-order valence-electron chi connectivity index (χ4n) is 3.04. The second-order valence-corrected chi connectivity index (χ2v) is 6.86. The van der Waals surface area contributed by atoms with Crippen LogP contribution in [0.5, 0.6) is 0 Å². The molecule has 0 aliphatic carbocycles. The van der Waals surface area contributed by atoms with E-state index in [1.54, 1.807) is 13.0 Å². The molecular formula is C20H23FN2O5. The number of aryl methyl sites for hydroxylation is 2. The highest BCUT2D eigenvalue weighted by atomic mass is 19.1. The standard InChI is InChI=1S/C13H17NO3.C7H6FNO2/c1-10-2-3-12(13(8-10)14(15)16)9-11-4-6-17-7-5-11;1-5-2-3-6(8)7(4-5)9(10)11/h2-3,8,11H,4-7,9H2,1H3;2-4H,1H3. The van der Waals surface area contributed by atoms with E-state index >= 15 is 0 Å². The van der Waals surface area contributed by atoms with E-state index in [2.05, 4.69) is 0 Å². The number of ether oxygens (including phenoxy) is 1. The lowest BCUT2D eigenvalue weighted by Gasteiger charge is -2.21. The molecule has 0 N–H and O–H groups in total. The van der Waals surface area contributed by atoms with Gasteiger partial charge in [-0.15, -0.1) is 0 Å². The highest BCUT2D eigenvalue weighted by molar-refractivity contribution is 5.43. The Morgan fingerprint density at radius 3 is 2.04 bits per heavy atom. The fraction of sp³-hybridized carbons (Fsp3) is 0.400. The van der Waals surface area contributed by atoms with E-state index in [0.29, 0.717) is 11.5 Å². The van der Waals surface area contributed by atoms with E-state index in [0.717, 1.165) is 49.7 Å². The SMILES string of the molecule is Cc1ccc(CC2CCOCC2)c([N+](=O)[O-])c1.Cc1ccc(F)c([N+](=O)[O-])c1. The average molecular weight is 390 g/mol. The van der Waals surface area contributed by atoms with Crippen LogP contribution in [0.3, 0.4) is 0 Å². The van der Waals surface area contributed by atoms with Crippen molar-refractivity contribution in [3.8, 4) is 0 Å². The number of halogens is 1. The second-order valence-electron chi connectivity index (χ2n) is 6.86. The van der Waals surface area contributed by atoms with Crippen LogP contribution in [0.4, 0.5) is 15.8 Å². The lowest BCUT2D eigenvalue weighted by molar-refractivity contribution is -0.387. The summed E-state index contributed by atoms with van der Waals surface area (Å²) in [4.78, 5) is 20.1. The summed E-state index contributed by atoms with van der Waals surface area (Å²) in [6, 6.07) is 9.28. The first kappa shape index (κ1) is 21.4. The lowest BCUT2D eigenvalue weighted by Crippen LogP contribution is -2.18. The fourth-order valence-corrected chi connectivity index (χ4v) is 3.04. The van der Waals surface area contributed by atoms with E-state index < -0.39 is 16.4 Å². The molecule has 0 spiro atoms. The first-order valence-corrected chi connectivity index (χ1v) is 9.00. The van der Waals surface area contributed by atoms with Gasteiger partial charge in [0.2, 0.25) is 5.82 Å². The lowest BCUT2D eigenvalue weighted by atomic mass is 9.91. The van der Waals surface area contributed by atoms with Crippen LogP contribution in [0.25, 0.3) is 0 Å². The number of hydrogen-bond donors (Lipinski definition) is 0. The van der Waals surface area contributed by atoms with E-state index in [9.17, 15) is 24.6 Å². The quantitative estimate of drug-likeness (QED) is 0.546. The number of nitro groups is 2. The maximum Gasteiger partial charge on any atom is 0.305 e. The van der Waals surface area contributed by atoms with Crippen molar-refractivity contribution in [2.24, 2.45) is 5.92 Å². The summed E-state index contributed by atoms with van der Waals surface area (Å²) in [5.74, 6) is -0.272. The van der Waals surface area contributed by atoms with Gasteiger partial charge in [-0.3, -0.25) is 20.2 Å². The van der Waals surface area contributed by atoms with Crippen molar-refractivity contribution in [1.29, 1.82) is 0 Å². The van der Waals surface area contributed by atoms with Crippen LogP contribution in [0, 0.1) is 45.8 Å². The summed E-state index contributed by atoms with van der Waals surface area (Å²) >= 11 is 0. The molecule has 3 rings (SSSR count). The molecule has 0 bridgehead atoms. The van der Waals surface area contributed by atoms with Crippen LogP contribution in [-0.4, -0.2) is 23.1 Å². The molecule has 1 aliphatic rings. The van der Waals surface area contributed by atoms with Crippen molar-refractivity contribution in [1.82, 2.24) is 0 Å². The Kier molecular flexibility index (Phi) is 7.57. The van der Waals surface area contributed by atoms with E-state index in [1.165, 1.54) is 12.1 Å². The zero-order valence-electron chi connectivity index (χ0n) is 15.9. The zero-order valence-corrected chi connectivity index (χ0v) is 15.9. The third kappa shape index (κ3) is 6.09. The molecule has 0 radical (unpaired) electrons. The van der Waals surface area contributed by atoms with E-state index in [4.69, 9.17) is 4.74 Å². The van der Waals surface area contributed by atoms with Crippen molar-refractivity contribution in [2.75, 3.05) is 13.2 Å². The summed E-state index contributed by atoms with van der Waals surface area (Å²) < 4.78 is 17.9. The van der Waals surface area contributed by atoms with Crippen molar-refractivity contribution in [3.63, 3.8) is 0 Å². The Labute approximate surface area is 162 Å². The van der Waals surface area contributed by atoms with Crippen molar-refractivity contribution in [2.45, 2.75) is 33.1 Å². The maximum atomic E-state index is 12.6. The first-order chi connectivity index (χ1) is 13.3. The van der Waals surface area contributed by atoms with Crippen LogP contribution in [0.15, 0.2) is 36.4 Å². The Morgan fingerprint density at radius 2 is 1.50 bits per heavy atom. The summed E-state index contributed by atoms with van der Waals surface area (Å²) in [5, 5.41) is 21.1. The third-order valence-electron chi connectivity index (χ3n) is 4.59. The molecular weight excluding hydrogens is 367 g/mol. The molecule has 1 heterocycles. The number of nitrogens with zero attached hydrogens (tertiary/aromatic N) is 2. The van der Waals surface area contributed by atoms with Crippen molar-refractivity contribution in [3.05, 3.63) is 79.1 Å². The minimum atomic E-state index is -0.791. The number of nitro benzene ring substituents is 2. The molecule has 28 heavy (non-hydrogen) atoms. The van der Waals surface area contributed by atoms with Crippen LogP contribution in [0.2, 0.25) is 0 Å². The maximum absolute atomic E-state index is 12.6. The van der Waals surface area contributed by atoms with Gasteiger partial charge in [0, 0.05) is 30.9 Å². The Hall–Kier alpha value is -2.87. The van der Waals surface area contributed by atoms with Crippen molar-refractivity contribution < 1.29 is 19.0 Å². The van der Waals surface area contributed by atoms with E-state index in [1.807, 2.05) is 19.1 Å². The Balaban J connectivity index is 0.000000221. The third-order valence-corrected chi connectivity index (χ3v) is 4.59. The first-order valence-electron chi connectivity index (χ1n) is 9.00. The zero-order chi connectivity index (χ0) is 20.7. The second kappa shape index (κ2) is 9.89. The number of rotatable bonds is 4. The van der Waals surface area contributed by atoms with Gasteiger partial charge in [0.05, 0.1) is 9.85 Å². The Morgan fingerprint density at radius 1 is 0.964 bits per heavy atom. The largest absolute Gasteiger partial charge is 0.381 e. The van der Waals surface area contributed by atoms with Crippen LogP contribution >= 0.6 is 0 Å². The predicted octanol–water partition coefficient (Wildman–Crippen LogP) is 4.91. The molecule has 0 aromatic heterocycles. The Bertz CT molecular complexity index is 850. The van der Waals surface area contributed by atoms with Crippen LogP contribution in [-0.2, 0) is 11.2 Å². The van der Waals surface area contributed by atoms with Gasteiger partial charge in [-0.25, -0.2) is 0 Å². The van der Waals surface area contributed by atoms with Crippen molar-refractivity contribution >= 4 is 11.4 Å². The monoisotopic (exact) mass is 390 g/mol. The van der Waals surface area contributed by atoms with Crippen LogP contribution in [0.1, 0.15) is 29.5 Å². The normalized spacial score (nSPS) is 14.1. The molecule has 0 saturated carbocycles. The van der Waals surface area contributed by atoms with Gasteiger partial charge in [-0.2, -0.15) is 4.39 Å². The van der Waals surface area contributed by atoms with Crippen LogP contribution < -0.4 is 0 Å². The molecule has 1 aliphatic heterocycles. The molecule has 7 nitrogen and oxygen atoms in total. The smallest absolute Gasteiger partial charge is 0.305 e. The van der Waals surface area contributed by atoms with Gasteiger partial charge < -0.3 is 4.74 Å². The van der Waals surface area contributed by atoms with Gasteiger partial charge in [0.15, 0.2) is 0 Å². The molecule has 0 amide bonds. The molecule has 150 valence electrons. The molecule has 0 unspecified atom stereocenters. The predicted molar refractivity (Wildman–Crippen MR) is 103 cm³/mol. The average Bonchev–Trinajstić information content (AvgIpc) is 2.66. The highest BCUT2D eigenvalue weighted by Gasteiger charge is 2.20. The molecule has 0 atom stereocenters. The minimum Gasteiger partial charge on any atom is -0.381 e. The number of hydrogen-bond acceptors (Lipinski definition) is 5. The molecule has 1 fully saturated rings. The van der Waals surface area contributed by atoms with Gasteiger partial charge >= 0.3 is 5.69 Å². The topological polar surface area (TPSA) is 95.5 Å². The van der Waals surface area contributed by atoms with Gasteiger partial charge in [0.1, 0.15) is 0 Å². The molecule has 8 heteroatoms. The summed E-state index contributed by atoms with van der Waals surface area (Å²) in [6.07, 6.45) is 2.80. The van der Waals surface area contributed by atoms with Gasteiger partial charge in [-0.1, -0.05) is 18.2 Å². The van der Waals surface area contributed by atoms with Gasteiger partial charge in [-0.05, 0) is 56.2 Å². The summed E-state index contributed by atoms with van der Waals surface area (Å²) in [6.45, 7) is 5.12. The molecule has 2 aromatic rings. The highest BCUT2D eigenvalue weighted by Crippen LogP contribution is 2.26. The summed E-state index contributed by atoms with van der Waals surface area (Å²) in [7, 11) is 0. The van der Waals surface area contributed by atoms with E-state index in [-0.39, 0.29) is 10.6 Å².